The molecule has 1 aliphatic heterocycles. The molecule has 0 spiro atoms. The molecule has 0 bridgehead atoms. The highest BCUT2D eigenvalue weighted by Crippen LogP contribution is 1.92. The largest absolute Gasteiger partial charge is 0.479 e. The van der Waals surface area contributed by atoms with Gasteiger partial charge in [0, 0.05) is 12.4 Å². The number of allylic oxidation sites excluding steroid dienone is 4. The van der Waals surface area contributed by atoms with Crippen LogP contribution in [0.15, 0.2) is 36.7 Å². The summed E-state index contributed by atoms with van der Waals surface area (Å²) in [4.78, 5) is 19.5. The highest BCUT2D eigenvalue weighted by molar-refractivity contribution is 5.83. The Bertz CT molecular complexity index is 315. The number of rotatable bonds is 3. The predicted octanol–water partition coefficient (Wildman–Crippen LogP) is -0.949. The second-order valence-corrected chi connectivity index (χ2v) is 2.84. The maximum absolute atomic E-state index is 9.77. The van der Waals surface area contributed by atoms with E-state index in [1.54, 1.807) is 0 Å². The lowest BCUT2D eigenvalue weighted by atomic mass is 10.2. The SMILES string of the molecule is C1=CC=CNC=C1.O=C(O)[C@H](O)[C@@H](O)C(=O)O. The minimum absolute atomic E-state index is 1.77. The molecule has 0 unspecified atom stereocenters. The molecule has 0 amide bonds. The first kappa shape index (κ1) is 14.9. The molecule has 7 nitrogen and oxygen atoms in total. The van der Waals surface area contributed by atoms with Crippen molar-refractivity contribution >= 4 is 11.9 Å². The zero-order chi connectivity index (χ0) is 13.3. The Labute approximate surface area is 97.0 Å². The lowest BCUT2D eigenvalue weighted by Crippen LogP contribution is -2.39. The number of carbonyl (C=O) groups is 2. The predicted molar refractivity (Wildman–Crippen MR) is 57.8 cm³/mol. The smallest absolute Gasteiger partial charge is 0.335 e. The molecule has 7 heteroatoms. The number of hydrogen-bond donors (Lipinski definition) is 5. The zero-order valence-electron chi connectivity index (χ0n) is 8.72. The third-order valence-corrected chi connectivity index (χ3v) is 1.52. The van der Waals surface area contributed by atoms with Crippen LogP contribution in [0.2, 0.25) is 0 Å². The van der Waals surface area contributed by atoms with Crippen LogP contribution >= 0.6 is 0 Å². The van der Waals surface area contributed by atoms with Gasteiger partial charge in [-0.15, -0.1) is 0 Å². The summed E-state index contributed by atoms with van der Waals surface area (Å²) in [5, 5.41) is 35.4. The number of carboxylic acids is 2. The van der Waals surface area contributed by atoms with E-state index in [1.165, 1.54) is 0 Å². The van der Waals surface area contributed by atoms with E-state index < -0.39 is 24.1 Å². The van der Waals surface area contributed by atoms with E-state index in [0.717, 1.165) is 0 Å². The molecule has 0 aliphatic carbocycles. The summed E-state index contributed by atoms with van der Waals surface area (Å²) in [6.45, 7) is 0. The lowest BCUT2D eigenvalue weighted by molar-refractivity contribution is -0.165. The summed E-state index contributed by atoms with van der Waals surface area (Å²) >= 11 is 0. The van der Waals surface area contributed by atoms with Gasteiger partial charge in [-0.2, -0.15) is 0 Å². The van der Waals surface area contributed by atoms with Gasteiger partial charge >= 0.3 is 11.9 Å². The van der Waals surface area contributed by atoms with E-state index in [1.807, 2.05) is 36.7 Å². The summed E-state index contributed by atoms with van der Waals surface area (Å²) in [7, 11) is 0. The van der Waals surface area contributed by atoms with Gasteiger partial charge in [0.15, 0.2) is 12.2 Å². The van der Waals surface area contributed by atoms with Crippen molar-refractivity contribution in [2.45, 2.75) is 12.2 Å². The maximum Gasteiger partial charge on any atom is 0.335 e. The van der Waals surface area contributed by atoms with Crippen LogP contribution in [0.4, 0.5) is 0 Å². The Kier molecular flexibility index (Phi) is 7.07. The maximum atomic E-state index is 9.77. The van der Waals surface area contributed by atoms with Gasteiger partial charge in [-0.25, -0.2) is 9.59 Å². The summed E-state index contributed by atoms with van der Waals surface area (Å²) in [5.74, 6) is -3.54. The molecular weight excluding hydrogens is 230 g/mol. The molecule has 0 saturated carbocycles. The second-order valence-electron chi connectivity index (χ2n) is 2.84. The van der Waals surface area contributed by atoms with Crippen molar-refractivity contribution in [2.24, 2.45) is 0 Å². The fourth-order valence-electron chi connectivity index (χ4n) is 0.676. The topological polar surface area (TPSA) is 127 Å². The van der Waals surface area contributed by atoms with E-state index in [-0.39, 0.29) is 0 Å². The van der Waals surface area contributed by atoms with Crippen molar-refractivity contribution in [3.05, 3.63) is 36.7 Å². The van der Waals surface area contributed by atoms with Gasteiger partial charge in [-0.05, 0) is 12.2 Å². The van der Waals surface area contributed by atoms with Crippen molar-refractivity contribution in [3.8, 4) is 0 Å². The first-order valence-electron chi connectivity index (χ1n) is 4.53. The van der Waals surface area contributed by atoms with Gasteiger partial charge in [0.1, 0.15) is 0 Å². The van der Waals surface area contributed by atoms with Crippen molar-refractivity contribution in [1.82, 2.24) is 5.32 Å². The quantitative estimate of drug-likeness (QED) is 0.432. The van der Waals surface area contributed by atoms with Crippen molar-refractivity contribution in [3.63, 3.8) is 0 Å². The monoisotopic (exact) mass is 243 g/mol. The Morgan fingerprint density at radius 2 is 1.18 bits per heavy atom. The number of carboxylic acid groups (broad SMARTS) is 2. The summed E-state index contributed by atoms with van der Waals surface area (Å²) in [5.41, 5.74) is 0. The highest BCUT2D eigenvalue weighted by atomic mass is 16.4. The van der Waals surface area contributed by atoms with Gasteiger partial charge in [-0.3, -0.25) is 0 Å². The average Bonchev–Trinajstić information content (AvgIpc) is 2.59. The number of aliphatic hydroxyl groups excluding tert-OH is 2. The minimum atomic E-state index is -2.27. The molecule has 0 aromatic carbocycles. The van der Waals surface area contributed by atoms with Crippen LogP contribution in [0.5, 0.6) is 0 Å². The lowest BCUT2D eigenvalue weighted by Gasteiger charge is -2.07. The average molecular weight is 243 g/mol. The fourth-order valence-corrected chi connectivity index (χ4v) is 0.676. The van der Waals surface area contributed by atoms with Crippen molar-refractivity contribution in [2.75, 3.05) is 0 Å². The van der Waals surface area contributed by atoms with Gasteiger partial charge in [0.25, 0.3) is 0 Å². The first-order chi connectivity index (χ1) is 7.96. The fraction of sp³-hybridized carbons (Fsp3) is 0.200. The van der Waals surface area contributed by atoms with Gasteiger partial charge in [-0.1, -0.05) is 12.2 Å². The van der Waals surface area contributed by atoms with Crippen LogP contribution in [0, 0.1) is 0 Å². The van der Waals surface area contributed by atoms with Crippen LogP contribution in [-0.2, 0) is 9.59 Å². The van der Waals surface area contributed by atoms with Crippen LogP contribution in [0.3, 0.4) is 0 Å². The molecule has 1 heterocycles. The molecule has 0 saturated heterocycles. The van der Waals surface area contributed by atoms with Crippen molar-refractivity contribution < 1.29 is 30.0 Å². The molecule has 17 heavy (non-hydrogen) atoms. The van der Waals surface area contributed by atoms with Gasteiger partial charge in [0.05, 0.1) is 0 Å². The molecule has 0 aromatic rings. The molecular formula is C10H13NO6. The van der Waals surface area contributed by atoms with E-state index >= 15 is 0 Å². The number of nitrogens with one attached hydrogen (secondary N) is 1. The van der Waals surface area contributed by atoms with Crippen molar-refractivity contribution in [1.29, 1.82) is 0 Å². The third-order valence-electron chi connectivity index (χ3n) is 1.52. The molecule has 94 valence electrons. The standard InChI is InChI=1S/C6H7N.C4H6O6/c1-2-4-6-7-5-3-1;5-1(3(7)8)2(6)4(9)10/h1-7H;1-2,5-6H,(H,7,8)(H,9,10)/t;1-,2-/m.1/s1. The van der Waals surface area contributed by atoms with Crippen LogP contribution in [0.1, 0.15) is 0 Å². The molecule has 1 rings (SSSR count). The molecule has 5 N–H and O–H groups in total. The van der Waals surface area contributed by atoms with Gasteiger partial charge < -0.3 is 25.7 Å². The van der Waals surface area contributed by atoms with E-state index in [0.29, 0.717) is 0 Å². The Hall–Kier alpha value is -2.12. The Morgan fingerprint density at radius 1 is 0.824 bits per heavy atom. The number of hydrogen-bond acceptors (Lipinski definition) is 5. The number of aliphatic carboxylic acids is 2. The molecule has 0 fully saturated rings. The summed E-state index contributed by atoms with van der Waals surface area (Å²) < 4.78 is 0. The molecule has 0 aromatic heterocycles. The Balaban J connectivity index is 0.000000318. The van der Waals surface area contributed by atoms with Crippen LogP contribution < -0.4 is 5.32 Å². The van der Waals surface area contributed by atoms with Crippen LogP contribution in [0.25, 0.3) is 0 Å². The first-order valence-corrected chi connectivity index (χ1v) is 4.53. The Morgan fingerprint density at radius 3 is 1.47 bits per heavy atom. The summed E-state index contributed by atoms with van der Waals surface area (Å²) in [6, 6.07) is 0. The van der Waals surface area contributed by atoms with E-state index in [4.69, 9.17) is 20.4 Å². The van der Waals surface area contributed by atoms with Crippen LogP contribution in [-0.4, -0.2) is 44.6 Å². The molecule has 0 radical (unpaired) electrons. The third kappa shape index (κ3) is 6.88. The molecule has 2 atom stereocenters. The normalized spacial score (nSPS) is 15.9. The molecule has 1 aliphatic rings. The second kappa shape index (κ2) is 8.08. The summed E-state index contributed by atoms with van der Waals surface area (Å²) in [6.07, 6.45) is 7.04. The minimum Gasteiger partial charge on any atom is -0.479 e. The van der Waals surface area contributed by atoms with Gasteiger partial charge in [0.2, 0.25) is 0 Å². The van der Waals surface area contributed by atoms with E-state index in [2.05, 4.69) is 5.32 Å². The highest BCUT2D eigenvalue weighted by Gasteiger charge is 2.29. The number of aliphatic hydroxyl groups is 2. The zero-order valence-corrected chi connectivity index (χ0v) is 8.72. The van der Waals surface area contributed by atoms with E-state index in [9.17, 15) is 9.59 Å².